The van der Waals surface area contributed by atoms with Crippen molar-refractivity contribution < 1.29 is 0 Å². The molecule has 1 aromatic heterocycles. The van der Waals surface area contributed by atoms with Crippen LogP contribution in [-0.4, -0.2) is 9.97 Å². The topological polar surface area (TPSA) is 28.7 Å². The summed E-state index contributed by atoms with van der Waals surface area (Å²) < 4.78 is 0. The first-order valence-electron chi connectivity index (χ1n) is 8.29. The number of imidazole rings is 1. The van der Waals surface area contributed by atoms with E-state index in [0.717, 1.165) is 5.82 Å². The lowest BCUT2D eigenvalue weighted by Gasteiger charge is -2.39. The van der Waals surface area contributed by atoms with E-state index in [4.69, 9.17) is 0 Å². The van der Waals surface area contributed by atoms with E-state index in [1.807, 2.05) is 12.4 Å². The fourth-order valence-corrected chi connectivity index (χ4v) is 3.46. The molecular weight excluding hydrogens is 280 g/mol. The molecule has 0 fully saturated rings. The first-order valence-corrected chi connectivity index (χ1v) is 8.29. The standard InChI is InChI=1S/C21H26N2/c1-15-7-6-8-18(19-22-13-14-23-19)21(15,5)17-11-9-16(10-12-17)20(2,3)4/h6-14,18H,1-5H3,(H,22,23). The van der Waals surface area contributed by atoms with E-state index in [-0.39, 0.29) is 16.7 Å². The zero-order chi connectivity index (χ0) is 16.7. The van der Waals surface area contributed by atoms with Crippen LogP contribution in [0.1, 0.15) is 57.5 Å². The Morgan fingerprint density at radius 2 is 1.83 bits per heavy atom. The van der Waals surface area contributed by atoms with Gasteiger partial charge in [0.1, 0.15) is 5.82 Å². The minimum absolute atomic E-state index is 0.0803. The molecule has 2 nitrogen and oxygen atoms in total. The normalized spacial score (nSPS) is 24.6. The fraction of sp³-hybridized carbons (Fsp3) is 0.381. The van der Waals surface area contributed by atoms with Crippen LogP contribution in [0.15, 0.2) is 60.5 Å². The van der Waals surface area contributed by atoms with Crippen LogP contribution in [0.2, 0.25) is 0 Å². The van der Waals surface area contributed by atoms with E-state index in [2.05, 4.69) is 87.1 Å². The molecule has 1 N–H and O–H groups in total. The molecule has 0 bridgehead atoms. The second kappa shape index (κ2) is 5.52. The lowest BCUT2D eigenvalue weighted by molar-refractivity contribution is 0.476. The van der Waals surface area contributed by atoms with Gasteiger partial charge in [0, 0.05) is 23.7 Å². The minimum Gasteiger partial charge on any atom is -0.348 e. The average molecular weight is 306 g/mol. The molecule has 1 heterocycles. The molecule has 0 saturated heterocycles. The lowest BCUT2D eigenvalue weighted by atomic mass is 9.64. The Balaban J connectivity index is 2.07. The number of aromatic amines is 1. The molecule has 2 atom stereocenters. The first-order chi connectivity index (χ1) is 10.8. The van der Waals surface area contributed by atoms with E-state index >= 15 is 0 Å². The summed E-state index contributed by atoms with van der Waals surface area (Å²) in [4.78, 5) is 7.82. The molecule has 1 aliphatic rings. The third kappa shape index (κ3) is 2.67. The number of aromatic nitrogens is 2. The van der Waals surface area contributed by atoms with Gasteiger partial charge < -0.3 is 4.98 Å². The molecule has 1 aromatic carbocycles. The Morgan fingerprint density at radius 3 is 2.39 bits per heavy atom. The highest BCUT2D eigenvalue weighted by atomic mass is 14.9. The van der Waals surface area contributed by atoms with Gasteiger partial charge in [0.2, 0.25) is 0 Å². The van der Waals surface area contributed by atoms with E-state index < -0.39 is 0 Å². The van der Waals surface area contributed by atoms with Crippen LogP contribution < -0.4 is 0 Å². The molecule has 0 amide bonds. The van der Waals surface area contributed by atoms with Gasteiger partial charge in [-0.2, -0.15) is 0 Å². The van der Waals surface area contributed by atoms with Crippen molar-refractivity contribution in [2.75, 3.05) is 0 Å². The average Bonchev–Trinajstić information content (AvgIpc) is 3.03. The molecule has 0 aliphatic heterocycles. The number of nitrogens with one attached hydrogen (secondary N) is 1. The van der Waals surface area contributed by atoms with Gasteiger partial charge in [0.15, 0.2) is 0 Å². The van der Waals surface area contributed by atoms with E-state index in [1.165, 1.54) is 16.7 Å². The molecule has 2 heteroatoms. The molecule has 2 aromatic rings. The van der Waals surface area contributed by atoms with Crippen LogP contribution in [-0.2, 0) is 10.8 Å². The van der Waals surface area contributed by atoms with Gasteiger partial charge in [-0.25, -0.2) is 4.98 Å². The second-order valence-electron chi connectivity index (χ2n) is 7.72. The Bertz CT molecular complexity index is 727. The van der Waals surface area contributed by atoms with Crippen molar-refractivity contribution >= 4 is 0 Å². The molecule has 2 unspecified atom stereocenters. The predicted octanol–water partition coefficient (Wildman–Crippen LogP) is 5.26. The van der Waals surface area contributed by atoms with E-state index in [9.17, 15) is 0 Å². The predicted molar refractivity (Wildman–Crippen MR) is 96.7 cm³/mol. The van der Waals surface area contributed by atoms with Crippen LogP contribution >= 0.6 is 0 Å². The molecule has 3 rings (SSSR count). The van der Waals surface area contributed by atoms with Crippen molar-refractivity contribution in [1.82, 2.24) is 9.97 Å². The molecule has 0 radical (unpaired) electrons. The Morgan fingerprint density at radius 1 is 1.13 bits per heavy atom. The maximum absolute atomic E-state index is 4.52. The number of allylic oxidation sites excluding steroid dienone is 4. The molecule has 0 spiro atoms. The largest absolute Gasteiger partial charge is 0.348 e. The van der Waals surface area contributed by atoms with Crippen molar-refractivity contribution in [3.8, 4) is 0 Å². The zero-order valence-electron chi connectivity index (χ0n) is 14.7. The van der Waals surface area contributed by atoms with Crippen molar-refractivity contribution in [2.45, 2.75) is 51.4 Å². The molecule has 0 saturated carbocycles. The maximum atomic E-state index is 4.52. The summed E-state index contributed by atoms with van der Waals surface area (Å²) in [5.41, 5.74) is 4.17. The van der Waals surface area contributed by atoms with Gasteiger partial charge in [-0.1, -0.05) is 75.8 Å². The number of rotatable bonds is 2. The van der Waals surface area contributed by atoms with Crippen molar-refractivity contribution in [3.63, 3.8) is 0 Å². The van der Waals surface area contributed by atoms with Crippen molar-refractivity contribution in [2.24, 2.45) is 0 Å². The van der Waals surface area contributed by atoms with Gasteiger partial charge in [-0.15, -0.1) is 0 Å². The number of nitrogens with zero attached hydrogens (tertiary/aromatic N) is 1. The summed E-state index contributed by atoms with van der Waals surface area (Å²) in [5.74, 6) is 1.25. The number of hydrogen-bond donors (Lipinski definition) is 1. The van der Waals surface area contributed by atoms with Gasteiger partial charge in [-0.3, -0.25) is 0 Å². The van der Waals surface area contributed by atoms with Gasteiger partial charge in [-0.05, 0) is 23.5 Å². The fourth-order valence-electron chi connectivity index (χ4n) is 3.46. The first kappa shape index (κ1) is 15.8. The molecule has 1 aliphatic carbocycles. The van der Waals surface area contributed by atoms with Crippen LogP contribution in [0.3, 0.4) is 0 Å². The zero-order valence-corrected chi connectivity index (χ0v) is 14.7. The highest BCUT2D eigenvalue weighted by Crippen LogP contribution is 2.46. The quantitative estimate of drug-likeness (QED) is 0.805. The maximum Gasteiger partial charge on any atom is 0.114 e. The summed E-state index contributed by atoms with van der Waals surface area (Å²) in [6.07, 6.45) is 10.4. The summed E-state index contributed by atoms with van der Waals surface area (Å²) >= 11 is 0. The molecule has 23 heavy (non-hydrogen) atoms. The third-order valence-electron chi connectivity index (χ3n) is 5.26. The Kier molecular flexibility index (Phi) is 3.79. The van der Waals surface area contributed by atoms with Gasteiger partial charge >= 0.3 is 0 Å². The highest BCUT2D eigenvalue weighted by Gasteiger charge is 2.39. The second-order valence-corrected chi connectivity index (χ2v) is 7.72. The van der Waals surface area contributed by atoms with E-state index in [1.54, 1.807) is 0 Å². The van der Waals surface area contributed by atoms with Crippen molar-refractivity contribution in [1.29, 1.82) is 0 Å². The van der Waals surface area contributed by atoms with E-state index in [0.29, 0.717) is 0 Å². The summed E-state index contributed by atoms with van der Waals surface area (Å²) in [6, 6.07) is 9.11. The number of hydrogen-bond acceptors (Lipinski definition) is 1. The summed E-state index contributed by atoms with van der Waals surface area (Å²) in [5, 5.41) is 0. The molecular formula is C21H26N2. The molecule has 120 valence electrons. The summed E-state index contributed by atoms with van der Waals surface area (Å²) in [7, 11) is 0. The lowest BCUT2D eigenvalue weighted by Crippen LogP contribution is -2.33. The number of benzene rings is 1. The Hall–Kier alpha value is -2.09. The summed E-state index contributed by atoms with van der Waals surface area (Å²) in [6.45, 7) is 11.3. The van der Waals surface area contributed by atoms with Crippen molar-refractivity contribution in [3.05, 3.63) is 77.4 Å². The van der Waals surface area contributed by atoms with Gasteiger partial charge in [0.05, 0.1) is 0 Å². The Labute approximate surface area is 139 Å². The SMILES string of the molecule is CC1=CC=CC(c2ncc[nH]2)C1(C)c1ccc(C(C)(C)C)cc1. The van der Waals surface area contributed by atoms with Crippen LogP contribution in [0.4, 0.5) is 0 Å². The monoisotopic (exact) mass is 306 g/mol. The van der Waals surface area contributed by atoms with Crippen LogP contribution in [0.5, 0.6) is 0 Å². The highest BCUT2D eigenvalue weighted by molar-refractivity contribution is 5.46. The van der Waals surface area contributed by atoms with Gasteiger partial charge in [0.25, 0.3) is 0 Å². The number of H-pyrrole nitrogens is 1. The smallest absolute Gasteiger partial charge is 0.114 e. The van der Waals surface area contributed by atoms with Crippen LogP contribution in [0, 0.1) is 0 Å². The van der Waals surface area contributed by atoms with Crippen LogP contribution in [0.25, 0.3) is 0 Å². The third-order valence-corrected chi connectivity index (χ3v) is 5.26. The minimum atomic E-state index is -0.0803.